The van der Waals surface area contributed by atoms with Gasteiger partial charge in [-0.1, -0.05) is 36.4 Å². The first-order valence-electron chi connectivity index (χ1n) is 12.1. The van der Waals surface area contributed by atoms with Gasteiger partial charge in [-0.05, 0) is 65.7 Å². The van der Waals surface area contributed by atoms with E-state index in [1.165, 1.54) is 14.2 Å². The predicted molar refractivity (Wildman–Crippen MR) is 152 cm³/mol. The van der Waals surface area contributed by atoms with Crippen LogP contribution in [-0.2, 0) is 6.54 Å². The molecule has 9 heteroatoms. The average molecular weight is 522 g/mol. The summed E-state index contributed by atoms with van der Waals surface area (Å²) in [5.41, 5.74) is 4.78. The molecule has 3 aromatic carbocycles. The smallest absolute Gasteiger partial charge is 0.161 e. The van der Waals surface area contributed by atoms with Gasteiger partial charge >= 0.3 is 0 Å². The van der Waals surface area contributed by atoms with E-state index in [0.717, 1.165) is 22.2 Å². The summed E-state index contributed by atoms with van der Waals surface area (Å²) in [4.78, 5) is 4.43. The van der Waals surface area contributed by atoms with Crippen LogP contribution in [-0.4, -0.2) is 49.6 Å². The van der Waals surface area contributed by atoms with Crippen molar-refractivity contribution in [2.75, 3.05) is 14.2 Å². The lowest BCUT2D eigenvalue weighted by atomic mass is 10.1. The molecule has 9 nitrogen and oxygen atoms in total. The lowest BCUT2D eigenvalue weighted by Gasteiger charge is -2.09. The highest BCUT2D eigenvalue weighted by Gasteiger charge is 2.12. The van der Waals surface area contributed by atoms with E-state index >= 15 is 0 Å². The van der Waals surface area contributed by atoms with Gasteiger partial charge in [0.1, 0.15) is 5.84 Å². The van der Waals surface area contributed by atoms with Gasteiger partial charge < -0.3 is 24.3 Å². The molecule has 0 aliphatic carbocycles. The van der Waals surface area contributed by atoms with E-state index in [0.29, 0.717) is 22.9 Å². The topological polar surface area (TPSA) is 118 Å². The second kappa shape index (κ2) is 11.0. The number of aromatic nitrogens is 4. The summed E-state index contributed by atoms with van der Waals surface area (Å²) >= 11 is 0. The third-order valence-corrected chi connectivity index (χ3v) is 6.16. The molecule has 0 aliphatic rings. The van der Waals surface area contributed by atoms with Gasteiger partial charge in [0.05, 0.1) is 49.5 Å². The fraction of sp³-hybridized carbons (Fsp3) is 0.100. The summed E-state index contributed by atoms with van der Waals surface area (Å²) in [6, 6.07) is 19.8. The number of aromatic hydroxyl groups is 2. The number of rotatable bonds is 8. The Bertz CT molecular complexity index is 1710. The Hall–Kier alpha value is -5.31. The first kappa shape index (κ1) is 25.3. The Labute approximate surface area is 225 Å². The average Bonchev–Trinajstić information content (AvgIpc) is 3.56. The number of phenolic OH excluding ortho intramolecular Hbond substituents is 2. The van der Waals surface area contributed by atoms with E-state index in [4.69, 9.17) is 14.9 Å². The molecule has 5 aromatic rings. The highest BCUT2D eigenvalue weighted by atomic mass is 16.5. The van der Waals surface area contributed by atoms with Gasteiger partial charge in [0.2, 0.25) is 0 Å². The summed E-state index contributed by atoms with van der Waals surface area (Å²) in [7, 11) is 3.00. The van der Waals surface area contributed by atoms with E-state index in [9.17, 15) is 10.2 Å². The number of benzene rings is 3. The maximum atomic E-state index is 9.91. The molecule has 0 unspecified atom stereocenters. The van der Waals surface area contributed by atoms with Crippen LogP contribution in [0.4, 0.5) is 0 Å². The molecule has 0 amide bonds. The maximum Gasteiger partial charge on any atom is 0.161 e. The number of imidazole rings is 1. The van der Waals surface area contributed by atoms with Gasteiger partial charge in [-0.3, -0.25) is 5.41 Å². The van der Waals surface area contributed by atoms with E-state index in [1.54, 1.807) is 47.4 Å². The lowest BCUT2D eigenvalue weighted by Crippen LogP contribution is -2.20. The fourth-order valence-electron chi connectivity index (χ4n) is 4.15. The van der Waals surface area contributed by atoms with Crippen molar-refractivity contribution in [3.8, 4) is 23.0 Å². The highest BCUT2D eigenvalue weighted by Crippen LogP contribution is 2.28. The molecule has 0 saturated carbocycles. The van der Waals surface area contributed by atoms with E-state index in [1.807, 2.05) is 59.2 Å². The Morgan fingerprint density at radius 1 is 0.846 bits per heavy atom. The molecule has 0 bridgehead atoms. The van der Waals surface area contributed by atoms with Crippen LogP contribution < -0.4 is 9.47 Å². The van der Waals surface area contributed by atoms with Crippen molar-refractivity contribution in [3.05, 3.63) is 95.6 Å². The number of nitrogens with one attached hydrogen (secondary N) is 1. The van der Waals surface area contributed by atoms with Crippen LogP contribution in [0.3, 0.4) is 0 Å². The molecule has 0 radical (unpaired) electrons. The van der Waals surface area contributed by atoms with Gasteiger partial charge in [-0.15, -0.1) is 0 Å². The van der Waals surface area contributed by atoms with Crippen molar-refractivity contribution >= 4 is 41.2 Å². The lowest BCUT2D eigenvalue weighted by molar-refractivity contribution is 0.373. The van der Waals surface area contributed by atoms with Gasteiger partial charge in [0, 0.05) is 0 Å². The quantitative estimate of drug-likeness (QED) is 0.183. The van der Waals surface area contributed by atoms with Crippen LogP contribution >= 0.6 is 0 Å². The normalized spacial score (nSPS) is 11.5. The highest BCUT2D eigenvalue weighted by molar-refractivity contribution is 5.87. The second-order valence-electron chi connectivity index (χ2n) is 8.74. The number of phenols is 2. The minimum absolute atomic E-state index is 0.0623. The first-order chi connectivity index (χ1) is 18.9. The van der Waals surface area contributed by atoms with Crippen molar-refractivity contribution in [3.63, 3.8) is 0 Å². The third kappa shape index (κ3) is 5.52. The van der Waals surface area contributed by atoms with Crippen molar-refractivity contribution in [2.45, 2.75) is 6.54 Å². The Morgan fingerprint density at radius 2 is 1.49 bits per heavy atom. The molecule has 0 atom stereocenters. The number of hydrogen-bond donors (Lipinski definition) is 3. The zero-order valence-electron chi connectivity index (χ0n) is 21.4. The molecule has 3 N–H and O–H groups in total. The number of ether oxygens (including phenoxy) is 2. The van der Waals surface area contributed by atoms with Crippen molar-refractivity contribution in [1.29, 1.82) is 5.41 Å². The van der Waals surface area contributed by atoms with Gasteiger partial charge in [-0.25, -0.2) is 9.67 Å². The summed E-state index contributed by atoms with van der Waals surface area (Å²) in [5.74, 6) is 1.14. The molecule has 2 heterocycles. The maximum absolute atomic E-state index is 9.91. The van der Waals surface area contributed by atoms with Gasteiger partial charge in [0.25, 0.3) is 0 Å². The Balaban J connectivity index is 1.48. The third-order valence-electron chi connectivity index (χ3n) is 6.16. The first-order valence-corrected chi connectivity index (χ1v) is 12.1. The predicted octanol–water partition coefficient (Wildman–Crippen LogP) is 5.53. The number of methoxy groups -OCH3 is 2. The van der Waals surface area contributed by atoms with Crippen LogP contribution in [0.5, 0.6) is 23.0 Å². The molecule has 0 aliphatic heterocycles. The summed E-state index contributed by atoms with van der Waals surface area (Å²) < 4.78 is 13.9. The molecular weight excluding hydrogens is 494 g/mol. The molecule has 5 rings (SSSR count). The van der Waals surface area contributed by atoms with Crippen molar-refractivity contribution in [2.24, 2.45) is 0 Å². The number of fused-ring (bicyclic) bond motifs is 1. The van der Waals surface area contributed by atoms with E-state index in [2.05, 4.69) is 10.1 Å². The molecule has 2 aromatic heterocycles. The van der Waals surface area contributed by atoms with E-state index < -0.39 is 0 Å². The van der Waals surface area contributed by atoms with Crippen LogP contribution in [0.2, 0.25) is 0 Å². The summed E-state index contributed by atoms with van der Waals surface area (Å²) in [6.45, 7) is 0.272. The minimum atomic E-state index is 0.0623. The number of hydrogen-bond acceptors (Lipinski definition) is 7. The second-order valence-corrected chi connectivity index (χ2v) is 8.74. The zero-order valence-corrected chi connectivity index (χ0v) is 21.4. The minimum Gasteiger partial charge on any atom is -0.504 e. The van der Waals surface area contributed by atoms with Gasteiger partial charge in [0.15, 0.2) is 23.0 Å². The molecule has 0 spiro atoms. The van der Waals surface area contributed by atoms with Gasteiger partial charge in [-0.2, -0.15) is 5.10 Å². The number of para-hydroxylation sites is 2. The van der Waals surface area contributed by atoms with Crippen LogP contribution in [0.15, 0.2) is 73.1 Å². The summed E-state index contributed by atoms with van der Waals surface area (Å²) in [6.07, 6.45) is 9.15. The Kier molecular flexibility index (Phi) is 7.13. The zero-order chi connectivity index (χ0) is 27.4. The molecule has 0 fully saturated rings. The number of nitrogens with zero attached hydrogens (tertiary/aromatic N) is 4. The fourth-order valence-corrected chi connectivity index (χ4v) is 4.15. The monoisotopic (exact) mass is 521 g/mol. The molecular formula is C30H27N5O4. The largest absolute Gasteiger partial charge is 0.504 e. The summed E-state index contributed by atoms with van der Waals surface area (Å²) in [5, 5.41) is 33.3. The van der Waals surface area contributed by atoms with Crippen LogP contribution in [0, 0.1) is 5.41 Å². The molecule has 39 heavy (non-hydrogen) atoms. The van der Waals surface area contributed by atoms with Crippen molar-refractivity contribution < 1.29 is 19.7 Å². The molecule has 196 valence electrons. The molecule has 0 saturated heterocycles. The SMILES string of the molecule is COc1cc(/C=C/c2cc(/C=C/c3ccc(O)c(OC)c3)n(C(=N)Cn3cnc4ccccc43)n2)ccc1O. The Morgan fingerprint density at radius 3 is 2.15 bits per heavy atom. The van der Waals surface area contributed by atoms with E-state index in [-0.39, 0.29) is 23.9 Å². The van der Waals surface area contributed by atoms with Crippen LogP contribution in [0.25, 0.3) is 35.3 Å². The van der Waals surface area contributed by atoms with Crippen LogP contribution in [0.1, 0.15) is 22.5 Å². The van der Waals surface area contributed by atoms with Crippen molar-refractivity contribution in [1.82, 2.24) is 19.3 Å². The standard InChI is InChI=1S/C30H27N5O4/c1-38-28-15-20(9-13-26(28)36)7-11-22-17-23(12-8-21-10-14-27(37)29(16-21)39-2)35(33-22)30(31)18-34-19-32-24-5-3-4-6-25(24)34/h3-17,19,31,36-37H,18H2,1-2H3/b11-7+,12-8+,31-30?.